The highest BCUT2D eigenvalue weighted by Gasteiger charge is 2.29. The van der Waals surface area contributed by atoms with Gasteiger partial charge >= 0.3 is 0 Å². The Morgan fingerprint density at radius 3 is 2.03 bits per heavy atom. The van der Waals surface area contributed by atoms with Crippen LogP contribution in [0, 0.1) is 5.41 Å². The molecule has 0 saturated carbocycles. The Labute approximate surface area is 222 Å². The van der Waals surface area contributed by atoms with E-state index in [2.05, 4.69) is 16.7 Å². The molecular weight excluding hydrogens is 480 g/mol. The maximum absolute atomic E-state index is 13.3. The van der Waals surface area contributed by atoms with E-state index in [4.69, 9.17) is 21.0 Å². The monoisotopic (exact) mass is 512 g/mol. The maximum Gasteiger partial charge on any atom is 0.290 e. The highest BCUT2D eigenvalue weighted by molar-refractivity contribution is 6.11. The first-order valence-corrected chi connectivity index (χ1v) is 11.5. The fraction of sp³-hybridized carbons (Fsp3) is 0.133. The van der Waals surface area contributed by atoms with Gasteiger partial charge in [0.05, 0.1) is 6.04 Å². The molecule has 2 atom stereocenters. The van der Waals surface area contributed by atoms with Crippen LogP contribution in [-0.4, -0.2) is 29.2 Å². The summed E-state index contributed by atoms with van der Waals surface area (Å²) in [6.07, 6.45) is 0. The molecule has 196 valence electrons. The fourth-order valence-electron chi connectivity index (χ4n) is 3.87. The van der Waals surface area contributed by atoms with Gasteiger partial charge in [-0.25, -0.2) is 0 Å². The Hall–Kier alpha value is -4.98. The number of anilines is 1. The van der Waals surface area contributed by atoms with E-state index < -0.39 is 11.8 Å². The Morgan fingerprint density at radius 1 is 0.842 bits per heavy atom. The van der Waals surface area contributed by atoms with Gasteiger partial charge in [0.15, 0.2) is 0 Å². The third-order valence-corrected chi connectivity index (χ3v) is 5.75. The summed E-state index contributed by atoms with van der Waals surface area (Å²) >= 11 is 0. The molecule has 0 spiro atoms. The van der Waals surface area contributed by atoms with Gasteiger partial charge in [-0.2, -0.15) is 0 Å². The molecule has 8 nitrogen and oxygen atoms in total. The molecule has 4 aromatic rings. The van der Waals surface area contributed by atoms with Crippen LogP contribution in [0.1, 0.15) is 43.0 Å². The summed E-state index contributed by atoms with van der Waals surface area (Å²) in [4.78, 5) is 34.9. The Kier molecular flexibility index (Phi) is 10.7. The van der Waals surface area contributed by atoms with Crippen molar-refractivity contribution in [3.05, 3.63) is 114 Å². The van der Waals surface area contributed by atoms with E-state index in [0.717, 1.165) is 16.3 Å². The second-order valence-corrected chi connectivity index (χ2v) is 8.27. The van der Waals surface area contributed by atoms with Crippen LogP contribution in [0.3, 0.4) is 0 Å². The normalized spacial score (nSPS) is 11.5. The van der Waals surface area contributed by atoms with Crippen molar-refractivity contribution in [3.63, 3.8) is 0 Å². The zero-order chi connectivity index (χ0) is 26.8. The van der Waals surface area contributed by atoms with Crippen LogP contribution in [-0.2, 0) is 14.4 Å². The van der Waals surface area contributed by atoms with Gasteiger partial charge in [0, 0.05) is 11.3 Å². The Morgan fingerprint density at radius 2 is 1.42 bits per heavy atom. The average molecular weight is 513 g/mol. The van der Waals surface area contributed by atoms with Crippen molar-refractivity contribution in [1.29, 1.82) is 5.41 Å². The fourth-order valence-corrected chi connectivity index (χ4v) is 3.87. The molecule has 6 N–H and O–H groups in total. The smallest absolute Gasteiger partial charge is 0.290 e. The number of nitrogens with one attached hydrogen (secondary N) is 3. The Bertz CT molecular complexity index is 1390. The highest BCUT2D eigenvalue weighted by Crippen LogP contribution is 2.23. The molecule has 0 aliphatic carbocycles. The third kappa shape index (κ3) is 7.51. The van der Waals surface area contributed by atoms with E-state index in [1.54, 1.807) is 48.5 Å². The summed E-state index contributed by atoms with van der Waals surface area (Å²) in [5.41, 5.74) is 8.13. The van der Waals surface area contributed by atoms with Crippen molar-refractivity contribution < 1.29 is 19.5 Å². The molecule has 0 bridgehead atoms. The van der Waals surface area contributed by atoms with Crippen molar-refractivity contribution in [1.82, 2.24) is 5.32 Å². The number of benzene rings is 4. The van der Waals surface area contributed by atoms with Crippen molar-refractivity contribution in [3.8, 4) is 0 Å². The van der Waals surface area contributed by atoms with Crippen LogP contribution in [0.2, 0.25) is 0 Å². The first kappa shape index (κ1) is 29.3. The lowest BCUT2D eigenvalue weighted by molar-refractivity contribution is -0.129. The van der Waals surface area contributed by atoms with Crippen molar-refractivity contribution in [2.24, 2.45) is 5.73 Å². The minimum absolute atomic E-state index is 0. The summed E-state index contributed by atoms with van der Waals surface area (Å²) in [5.74, 6) is -1.91. The number of hydrogen-bond donors (Lipinski definition) is 5. The predicted octanol–water partition coefficient (Wildman–Crippen LogP) is 5.06. The molecule has 38 heavy (non-hydrogen) atoms. The molecule has 4 aromatic carbocycles. The molecule has 2 amide bonds. The number of amides is 2. The van der Waals surface area contributed by atoms with Crippen LogP contribution in [0.5, 0.6) is 0 Å². The van der Waals surface area contributed by atoms with E-state index in [1.165, 1.54) is 0 Å². The van der Waals surface area contributed by atoms with E-state index >= 15 is 0 Å². The lowest BCUT2D eigenvalue weighted by Crippen LogP contribution is -2.37. The zero-order valence-electron chi connectivity index (χ0n) is 20.2. The number of fused-ring (bicyclic) bond motifs is 1. The van der Waals surface area contributed by atoms with Crippen LogP contribution in [0.15, 0.2) is 97.1 Å². The molecule has 0 saturated heterocycles. The number of nitrogen functional groups attached to an aromatic ring is 1. The second-order valence-electron chi connectivity index (χ2n) is 8.27. The van der Waals surface area contributed by atoms with Crippen molar-refractivity contribution in [2.45, 2.75) is 26.3 Å². The van der Waals surface area contributed by atoms with E-state index in [1.807, 2.05) is 49.4 Å². The number of nitrogens with two attached hydrogens (primary N) is 1. The maximum atomic E-state index is 13.3. The lowest BCUT2D eigenvalue weighted by atomic mass is 9.95. The summed E-state index contributed by atoms with van der Waals surface area (Å²) < 4.78 is 0. The van der Waals surface area contributed by atoms with Crippen molar-refractivity contribution in [2.75, 3.05) is 5.32 Å². The molecule has 0 radical (unpaired) electrons. The number of hydrogen-bond acceptors (Lipinski definition) is 4. The van der Waals surface area contributed by atoms with Gasteiger partial charge < -0.3 is 21.5 Å². The third-order valence-electron chi connectivity index (χ3n) is 5.75. The number of carbonyl (C=O) groups excluding carboxylic acids is 2. The molecular formula is C30H32N4O4. The summed E-state index contributed by atoms with van der Waals surface area (Å²) in [6.45, 7) is 1.66. The van der Waals surface area contributed by atoms with Gasteiger partial charge in [0.25, 0.3) is 6.47 Å². The van der Waals surface area contributed by atoms with Gasteiger partial charge in [0.2, 0.25) is 11.8 Å². The molecule has 1 unspecified atom stereocenters. The average Bonchev–Trinajstić information content (AvgIpc) is 2.90. The minimum atomic E-state index is -1.03. The molecule has 0 aliphatic rings. The number of carboxylic acid groups (broad SMARTS) is 1. The quantitative estimate of drug-likeness (QED) is 0.102. The topological polar surface area (TPSA) is 145 Å². The molecule has 8 heteroatoms. The van der Waals surface area contributed by atoms with E-state index in [-0.39, 0.29) is 31.7 Å². The van der Waals surface area contributed by atoms with Crippen LogP contribution < -0.4 is 16.4 Å². The van der Waals surface area contributed by atoms with E-state index in [0.29, 0.717) is 16.8 Å². The Balaban J connectivity index is 0.00000121. The first-order valence-electron chi connectivity index (χ1n) is 11.5. The lowest BCUT2D eigenvalue weighted by Gasteiger charge is -2.21. The van der Waals surface area contributed by atoms with Crippen molar-refractivity contribution >= 4 is 40.6 Å². The standard InChI is InChI=1S/C28H26N4O2.CH2O2.CH4/c1-18(22-12-11-19-7-5-6-10-23(19)17-22)31-27(33)25(20-8-3-2-4-9-20)28(34)32-24-15-13-21(14-16-24)26(29)30;2-1-3;/h2-18,25H,1H3,(H3,29,30)(H,31,33)(H,32,34);1H,(H,2,3);1H4/t18-,25?;;/m0../s1. The highest BCUT2D eigenvalue weighted by atomic mass is 16.3. The SMILES string of the molecule is C.C[C@H](NC(=O)C(C(=O)Nc1ccc(C(=N)N)cc1)c1ccccc1)c1ccc2ccccc2c1.O=CO. The van der Waals surface area contributed by atoms with Gasteiger partial charge in [-0.1, -0.05) is 74.2 Å². The van der Waals surface area contributed by atoms with Gasteiger partial charge in [-0.05, 0) is 59.2 Å². The summed E-state index contributed by atoms with van der Waals surface area (Å²) in [6, 6.07) is 29.4. The molecule has 0 fully saturated rings. The summed E-state index contributed by atoms with van der Waals surface area (Å²) in [7, 11) is 0. The number of amidine groups is 1. The van der Waals surface area contributed by atoms with E-state index in [9.17, 15) is 9.59 Å². The van der Waals surface area contributed by atoms with Crippen LogP contribution in [0.4, 0.5) is 5.69 Å². The van der Waals surface area contributed by atoms with Gasteiger partial charge in [-0.3, -0.25) is 19.8 Å². The molecule has 0 aliphatic heterocycles. The van der Waals surface area contributed by atoms with Gasteiger partial charge in [-0.15, -0.1) is 0 Å². The predicted molar refractivity (Wildman–Crippen MR) is 151 cm³/mol. The first-order chi connectivity index (χ1) is 17.8. The van der Waals surface area contributed by atoms with Crippen LogP contribution >= 0.6 is 0 Å². The molecule has 0 aromatic heterocycles. The molecule has 0 heterocycles. The molecule has 4 rings (SSSR count). The minimum Gasteiger partial charge on any atom is -0.483 e. The zero-order valence-corrected chi connectivity index (χ0v) is 20.2. The largest absolute Gasteiger partial charge is 0.483 e. The van der Waals surface area contributed by atoms with Crippen LogP contribution in [0.25, 0.3) is 10.8 Å². The number of carbonyl (C=O) groups is 3. The van der Waals surface area contributed by atoms with Gasteiger partial charge in [0.1, 0.15) is 11.8 Å². The summed E-state index contributed by atoms with van der Waals surface area (Å²) in [5, 5.41) is 22.4. The second kappa shape index (κ2) is 13.9. The number of rotatable bonds is 7.